The fraction of sp³-hybridized carbons (Fsp3) is 1.00. The zero-order chi connectivity index (χ0) is 13.5. The SMILES string of the molecule is CCC(CC)CNC1CCCCC1C1CCCCC1. The molecule has 2 atom stereocenters. The topological polar surface area (TPSA) is 12.0 Å². The third kappa shape index (κ3) is 4.48. The van der Waals surface area contributed by atoms with Crippen molar-refractivity contribution in [1.82, 2.24) is 5.32 Å². The highest BCUT2D eigenvalue weighted by Crippen LogP contribution is 2.38. The largest absolute Gasteiger partial charge is 0.313 e. The molecule has 1 N–H and O–H groups in total. The van der Waals surface area contributed by atoms with Crippen LogP contribution in [0.3, 0.4) is 0 Å². The average Bonchev–Trinajstić information content (AvgIpc) is 2.49. The smallest absolute Gasteiger partial charge is 0.00980 e. The molecule has 0 heterocycles. The van der Waals surface area contributed by atoms with Crippen molar-refractivity contribution in [3.05, 3.63) is 0 Å². The van der Waals surface area contributed by atoms with Crippen molar-refractivity contribution in [2.45, 2.75) is 90.5 Å². The van der Waals surface area contributed by atoms with Gasteiger partial charge in [-0.2, -0.15) is 0 Å². The van der Waals surface area contributed by atoms with Crippen molar-refractivity contribution >= 4 is 0 Å². The molecule has 1 nitrogen and oxygen atoms in total. The highest BCUT2D eigenvalue weighted by molar-refractivity contribution is 4.87. The first kappa shape index (κ1) is 15.4. The zero-order valence-corrected chi connectivity index (χ0v) is 13.3. The predicted octanol–water partition coefficient (Wildman–Crippen LogP) is 5.15. The third-order valence-electron chi connectivity index (χ3n) is 5.90. The van der Waals surface area contributed by atoms with E-state index in [9.17, 15) is 0 Å². The summed E-state index contributed by atoms with van der Waals surface area (Å²) < 4.78 is 0. The Morgan fingerprint density at radius 2 is 1.47 bits per heavy atom. The average molecular weight is 265 g/mol. The second-order valence-corrected chi connectivity index (χ2v) is 7.04. The van der Waals surface area contributed by atoms with E-state index in [4.69, 9.17) is 0 Å². The summed E-state index contributed by atoms with van der Waals surface area (Å²) in [4.78, 5) is 0. The number of hydrogen-bond acceptors (Lipinski definition) is 1. The van der Waals surface area contributed by atoms with Crippen LogP contribution in [0.15, 0.2) is 0 Å². The standard InChI is InChI=1S/C18H35N/c1-3-15(4-2)14-19-18-13-9-8-12-17(18)16-10-6-5-7-11-16/h15-19H,3-14H2,1-2H3. The van der Waals surface area contributed by atoms with Crippen LogP contribution in [0.25, 0.3) is 0 Å². The summed E-state index contributed by atoms with van der Waals surface area (Å²) in [6.45, 7) is 5.95. The van der Waals surface area contributed by atoms with E-state index < -0.39 is 0 Å². The van der Waals surface area contributed by atoms with Gasteiger partial charge in [0.1, 0.15) is 0 Å². The molecule has 19 heavy (non-hydrogen) atoms. The number of nitrogens with one attached hydrogen (secondary N) is 1. The van der Waals surface area contributed by atoms with Crippen LogP contribution in [0, 0.1) is 17.8 Å². The van der Waals surface area contributed by atoms with Crippen LogP contribution < -0.4 is 5.32 Å². The van der Waals surface area contributed by atoms with Gasteiger partial charge in [-0.3, -0.25) is 0 Å². The highest BCUT2D eigenvalue weighted by atomic mass is 14.9. The molecule has 2 aliphatic rings. The lowest BCUT2D eigenvalue weighted by molar-refractivity contribution is 0.146. The second-order valence-electron chi connectivity index (χ2n) is 7.04. The van der Waals surface area contributed by atoms with Crippen LogP contribution in [0.4, 0.5) is 0 Å². The summed E-state index contributed by atoms with van der Waals surface area (Å²) in [5, 5.41) is 3.97. The monoisotopic (exact) mass is 265 g/mol. The highest BCUT2D eigenvalue weighted by Gasteiger charge is 2.32. The van der Waals surface area contributed by atoms with Crippen molar-refractivity contribution < 1.29 is 0 Å². The maximum atomic E-state index is 3.97. The Morgan fingerprint density at radius 3 is 2.16 bits per heavy atom. The Hall–Kier alpha value is -0.0400. The van der Waals surface area contributed by atoms with Crippen LogP contribution in [-0.4, -0.2) is 12.6 Å². The molecule has 2 rings (SSSR count). The van der Waals surface area contributed by atoms with E-state index in [2.05, 4.69) is 19.2 Å². The Morgan fingerprint density at radius 1 is 0.842 bits per heavy atom. The third-order valence-corrected chi connectivity index (χ3v) is 5.90. The first-order chi connectivity index (χ1) is 9.35. The minimum absolute atomic E-state index is 0.845. The van der Waals surface area contributed by atoms with Crippen molar-refractivity contribution in [2.24, 2.45) is 17.8 Å². The van der Waals surface area contributed by atoms with Crippen LogP contribution in [0.5, 0.6) is 0 Å². The van der Waals surface area contributed by atoms with Gasteiger partial charge in [0, 0.05) is 6.04 Å². The summed E-state index contributed by atoms with van der Waals surface area (Å²) in [5.74, 6) is 2.95. The summed E-state index contributed by atoms with van der Waals surface area (Å²) in [6.07, 6.45) is 16.1. The van der Waals surface area contributed by atoms with Gasteiger partial charge in [0.25, 0.3) is 0 Å². The normalized spacial score (nSPS) is 29.8. The minimum Gasteiger partial charge on any atom is -0.313 e. The quantitative estimate of drug-likeness (QED) is 0.700. The molecule has 0 saturated heterocycles. The molecule has 0 aliphatic heterocycles. The predicted molar refractivity (Wildman–Crippen MR) is 84.4 cm³/mol. The Bertz CT molecular complexity index is 228. The van der Waals surface area contributed by atoms with Gasteiger partial charge >= 0.3 is 0 Å². The molecule has 2 fully saturated rings. The molecular formula is C18H35N. The molecular weight excluding hydrogens is 230 g/mol. The van der Waals surface area contributed by atoms with E-state index in [0.717, 1.165) is 23.8 Å². The first-order valence-corrected chi connectivity index (χ1v) is 9.08. The summed E-state index contributed by atoms with van der Waals surface area (Å²) in [7, 11) is 0. The maximum absolute atomic E-state index is 3.97. The van der Waals surface area contributed by atoms with Gasteiger partial charge < -0.3 is 5.32 Å². The molecule has 2 saturated carbocycles. The summed E-state index contributed by atoms with van der Waals surface area (Å²) in [5.41, 5.74) is 0. The first-order valence-electron chi connectivity index (χ1n) is 9.08. The lowest BCUT2D eigenvalue weighted by Gasteiger charge is -2.40. The van der Waals surface area contributed by atoms with Gasteiger partial charge in [0.15, 0.2) is 0 Å². The van der Waals surface area contributed by atoms with Crippen LogP contribution in [-0.2, 0) is 0 Å². The number of rotatable bonds is 6. The van der Waals surface area contributed by atoms with E-state index in [1.807, 2.05) is 0 Å². The maximum Gasteiger partial charge on any atom is 0.00980 e. The Labute approximate surface area is 120 Å². The molecule has 0 amide bonds. The van der Waals surface area contributed by atoms with E-state index in [1.54, 1.807) is 0 Å². The van der Waals surface area contributed by atoms with E-state index in [1.165, 1.54) is 77.2 Å². The van der Waals surface area contributed by atoms with Gasteiger partial charge in [-0.05, 0) is 37.1 Å². The molecule has 112 valence electrons. The molecule has 1 heteroatoms. The molecule has 2 unspecified atom stereocenters. The van der Waals surface area contributed by atoms with Gasteiger partial charge in [-0.15, -0.1) is 0 Å². The lowest BCUT2D eigenvalue weighted by Crippen LogP contribution is -2.44. The van der Waals surface area contributed by atoms with Crippen molar-refractivity contribution in [3.8, 4) is 0 Å². The van der Waals surface area contributed by atoms with Crippen LogP contribution in [0.2, 0.25) is 0 Å². The second kappa shape index (κ2) is 8.29. The molecule has 0 spiro atoms. The van der Waals surface area contributed by atoms with Crippen molar-refractivity contribution in [2.75, 3.05) is 6.54 Å². The molecule has 0 aromatic heterocycles. The minimum atomic E-state index is 0.845. The molecule has 2 aliphatic carbocycles. The van der Waals surface area contributed by atoms with E-state index in [-0.39, 0.29) is 0 Å². The molecule has 0 bridgehead atoms. The van der Waals surface area contributed by atoms with Gasteiger partial charge in [-0.1, -0.05) is 71.6 Å². The van der Waals surface area contributed by atoms with Gasteiger partial charge in [0.2, 0.25) is 0 Å². The van der Waals surface area contributed by atoms with Crippen molar-refractivity contribution in [3.63, 3.8) is 0 Å². The van der Waals surface area contributed by atoms with Crippen LogP contribution >= 0.6 is 0 Å². The fourth-order valence-electron chi connectivity index (χ4n) is 4.43. The summed E-state index contributed by atoms with van der Waals surface area (Å²) >= 11 is 0. The Balaban J connectivity index is 1.84. The van der Waals surface area contributed by atoms with Crippen molar-refractivity contribution in [1.29, 1.82) is 0 Å². The van der Waals surface area contributed by atoms with E-state index in [0.29, 0.717) is 0 Å². The molecule has 0 aromatic carbocycles. The molecule has 0 aromatic rings. The Kier molecular flexibility index (Phi) is 6.70. The number of hydrogen-bond donors (Lipinski definition) is 1. The van der Waals surface area contributed by atoms with E-state index >= 15 is 0 Å². The fourth-order valence-corrected chi connectivity index (χ4v) is 4.43. The molecule has 0 radical (unpaired) electrons. The lowest BCUT2D eigenvalue weighted by atomic mass is 9.71. The van der Waals surface area contributed by atoms with Gasteiger partial charge in [-0.25, -0.2) is 0 Å². The van der Waals surface area contributed by atoms with Gasteiger partial charge in [0.05, 0.1) is 0 Å². The summed E-state index contributed by atoms with van der Waals surface area (Å²) in [6, 6.07) is 0.845. The zero-order valence-electron chi connectivity index (χ0n) is 13.3. The van der Waals surface area contributed by atoms with Crippen LogP contribution in [0.1, 0.15) is 84.5 Å².